The molecule has 1 fully saturated rings. The fourth-order valence-corrected chi connectivity index (χ4v) is 3.09. The molecule has 2 heterocycles. The maximum absolute atomic E-state index is 12.7. The third-order valence-electron chi connectivity index (χ3n) is 4.60. The molecule has 1 saturated heterocycles. The SMILES string of the molecule is Cc1ccn(-c2ccc(C(=O)N3CCCC(C)(C(=O)O)C3)cc2)n1. The molecule has 0 aliphatic carbocycles. The van der Waals surface area contributed by atoms with Gasteiger partial charge in [0.15, 0.2) is 0 Å². The van der Waals surface area contributed by atoms with Gasteiger partial charge in [-0.2, -0.15) is 5.10 Å². The molecular formula is C18H21N3O3. The Hall–Kier alpha value is -2.63. The predicted octanol–water partition coefficient (Wildman–Crippen LogP) is 2.51. The van der Waals surface area contributed by atoms with E-state index in [1.54, 1.807) is 28.6 Å². The van der Waals surface area contributed by atoms with E-state index in [1.165, 1.54) is 0 Å². The predicted molar refractivity (Wildman–Crippen MR) is 89.2 cm³/mol. The number of aryl methyl sites for hydroxylation is 1. The number of likely N-dealkylation sites (tertiary alicyclic amines) is 1. The lowest BCUT2D eigenvalue weighted by Gasteiger charge is -2.37. The van der Waals surface area contributed by atoms with Crippen molar-refractivity contribution in [2.75, 3.05) is 13.1 Å². The van der Waals surface area contributed by atoms with E-state index >= 15 is 0 Å². The first-order chi connectivity index (χ1) is 11.4. The average molecular weight is 327 g/mol. The summed E-state index contributed by atoms with van der Waals surface area (Å²) in [7, 11) is 0. The van der Waals surface area contributed by atoms with Crippen LogP contribution < -0.4 is 0 Å². The molecule has 24 heavy (non-hydrogen) atoms. The highest BCUT2D eigenvalue weighted by atomic mass is 16.4. The Morgan fingerprint density at radius 3 is 2.50 bits per heavy atom. The molecule has 3 rings (SSSR count). The number of carbonyl (C=O) groups excluding carboxylic acids is 1. The van der Waals surface area contributed by atoms with E-state index in [0.29, 0.717) is 24.9 Å². The molecule has 1 amide bonds. The molecule has 0 radical (unpaired) electrons. The number of nitrogens with zero attached hydrogens (tertiary/aromatic N) is 3. The number of benzene rings is 1. The molecule has 1 atom stereocenters. The smallest absolute Gasteiger partial charge is 0.311 e. The van der Waals surface area contributed by atoms with Crippen LogP contribution in [0.1, 0.15) is 35.8 Å². The van der Waals surface area contributed by atoms with Gasteiger partial charge in [0.1, 0.15) is 0 Å². The maximum atomic E-state index is 12.7. The van der Waals surface area contributed by atoms with Crippen molar-refractivity contribution in [3.8, 4) is 5.69 Å². The van der Waals surface area contributed by atoms with Crippen molar-refractivity contribution in [2.45, 2.75) is 26.7 Å². The summed E-state index contributed by atoms with van der Waals surface area (Å²) in [4.78, 5) is 25.8. The van der Waals surface area contributed by atoms with Gasteiger partial charge in [0, 0.05) is 24.8 Å². The summed E-state index contributed by atoms with van der Waals surface area (Å²) in [6.45, 7) is 4.48. The standard InChI is InChI=1S/C18H21N3O3/c1-13-8-11-21(19-13)15-6-4-14(5-7-15)16(22)20-10-3-9-18(2,12-20)17(23)24/h4-8,11H,3,9-10,12H2,1-2H3,(H,23,24). The second-order valence-electron chi connectivity index (χ2n) is 6.64. The van der Waals surface area contributed by atoms with Gasteiger partial charge >= 0.3 is 5.97 Å². The highest BCUT2D eigenvalue weighted by Crippen LogP contribution is 2.30. The monoisotopic (exact) mass is 327 g/mol. The van der Waals surface area contributed by atoms with Crippen molar-refractivity contribution in [3.05, 3.63) is 47.8 Å². The number of piperidine rings is 1. The summed E-state index contributed by atoms with van der Waals surface area (Å²) in [6.07, 6.45) is 3.18. The Labute approximate surface area is 140 Å². The highest BCUT2D eigenvalue weighted by Gasteiger charge is 2.39. The number of hydrogen-bond donors (Lipinski definition) is 1. The molecule has 1 aromatic carbocycles. The molecule has 0 spiro atoms. The second kappa shape index (κ2) is 6.11. The van der Waals surface area contributed by atoms with Gasteiger partial charge in [-0.05, 0) is 57.0 Å². The van der Waals surface area contributed by atoms with E-state index < -0.39 is 11.4 Å². The van der Waals surface area contributed by atoms with Gasteiger partial charge in [-0.3, -0.25) is 9.59 Å². The van der Waals surface area contributed by atoms with Crippen molar-refractivity contribution in [2.24, 2.45) is 5.41 Å². The van der Waals surface area contributed by atoms with Gasteiger partial charge < -0.3 is 10.0 Å². The number of carboxylic acid groups (broad SMARTS) is 1. The van der Waals surface area contributed by atoms with Gasteiger partial charge in [-0.25, -0.2) is 4.68 Å². The number of aliphatic carboxylic acids is 1. The molecule has 1 aliphatic heterocycles. The Morgan fingerprint density at radius 1 is 1.21 bits per heavy atom. The normalized spacial score (nSPS) is 20.8. The number of amides is 1. The Balaban J connectivity index is 1.76. The number of aromatic nitrogens is 2. The summed E-state index contributed by atoms with van der Waals surface area (Å²) < 4.78 is 1.76. The zero-order chi connectivity index (χ0) is 17.3. The van der Waals surface area contributed by atoms with Crippen LogP contribution in [-0.2, 0) is 4.79 Å². The molecule has 0 saturated carbocycles. The lowest BCUT2D eigenvalue weighted by atomic mass is 9.82. The molecule has 1 aromatic heterocycles. The molecular weight excluding hydrogens is 306 g/mol. The first-order valence-corrected chi connectivity index (χ1v) is 8.04. The van der Waals surface area contributed by atoms with Gasteiger partial charge in [0.05, 0.1) is 16.8 Å². The Kier molecular flexibility index (Phi) is 4.13. The van der Waals surface area contributed by atoms with Crippen molar-refractivity contribution < 1.29 is 14.7 Å². The fourth-order valence-electron chi connectivity index (χ4n) is 3.09. The van der Waals surface area contributed by atoms with E-state index in [4.69, 9.17) is 0 Å². The number of hydrogen-bond acceptors (Lipinski definition) is 3. The summed E-state index contributed by atoms with van der Waals surface area (Å²) in [5, 5.41) is 13.7. The topological polar surface area (TPSA) is 75.4 Å². The van der Waals surface area contributed by atoms with E-state index in [0.717, 1.165) is 11.4 Å². The van der Waals surface area contributed by atoms with Crippen LogP contribution in [0.25, 0.3) is 5.69 Å². The first kappa shape index (κ1) is 16.2. The van der Waals surface area contributed by atoms with E-state index in [1.807, 2.05) is 31.3 Å². The zero-order valence-electron chi connectivity index (χ0n) is 13.9. The second-order valence-corrected chi connectivity index (χ2v) is 6.64. The van der Waals surface area contributed by atoms with Crippen LogP contribution in [-0.4, -0.2) is 44.8 Å². The average Bonchev–Trinajstić information content (AvgIpc) is 3.01. The molecule has 1 unspecified atom stereocenters. The number of rotatable bonds is 3. The quantitative estimate of drug-likeness (QED) is 0.940. The summed E-state index contributed by atoms with van der Waals surface area (Å²) in [5.74, 6) is -0.963. The molecule has 126 valence electrons. The van der Waals surface area contributed by atoms with Crippen LogP contribution in [0.5, 0.6) is 0 Å². The van der Waals surface area contributed by atoms with Crippen molar-refractivity contribution >= 4 is 11.9 Å². The van der Waals surface area contributed by atoms with Crippen LogP contribution in [0.15, 0.2) is 36.5 Å². The minimum atomic E-state index is -0.861. The minimum absolute atomic E-state index is 0.120. The van der Waals surface area contributed by atoms with Crippen LogP contribution in [0.3, 0.4) is 0 Å². The molecule has 0 bridgehead atoms. The van der Waals surface area contributed by atoms with Crippen LogP contribution >= 0.6 is 0 Å². The van der Waals surface area contributed by atoms with Crippen molar-refractivity contribution in [1.82, 2.24) is 14.7 Å². The van der Waals surface area contributed by atoms with E-state index in [2.05, 4.69) is 5.10 Å². The van der Waals surface area contributed by atoms with Gasteiger partial charge in [0.2, 0.25) is 0 Å². The van der Waals surface area contributed by atoms with E-state index in [-0.39, 0.29) is 12.5 Å². The third-order valence-corrected chi connectivity index (χ3v) is 4.60. The lowest BCUT2D eigenvalue weighted by Crippen LogP contribution is -2.48. The van der Waals surface area contributed by atoms with Crippen LogP contribution in [0.2, 0.25) is 0 Å². The summed E-state index contributed by atoms with van der Waals surface area (Å²) in [5.41, 5.74) is 1.52. The molecule has 6 nitrogen and oxygen atoms in total. The minimum Gasteiger partial charge on any atom is -0.481 e. The first-order valence-electron chi connectivity index (χ1n) is 8.04. The highest BCUT2D eigenvalue weighted by molar-refractivity contribution is 5.95. The number of carbonyl (C=O) groups is 2. The fraction of sp³-hybridized carbons (Fsp3) is 0.389. The molecule has 2 aromatic rings. The lowest BCUT2D eigenvalue weighted by molar-refractivity contribution is -0.150. The largest absolute Gasteiger partial charge is 0.481 e. The van der Waals surface area contributed by atoms with Crippen LogP contribution in [0.4, 0.5) is 0 Å². The molecule has 1 aliphatic rings. The van der Waals surface area contributed by atoms with Crippen molar-refractivity contribution in [3.63, 3.8) is 0 Å². The number of carboxylic acids is 1. The Bertz CT molecular complexity index is 766. The maximum Gasteiger partial charge on any atom is 0.311 e. The van der Waals surface area contributed by atoms with Crippen LogP contribution in [0, 0.1) is 12.3 Å². The molecule has 6 heteroatoms. The summed E-state index contributed by atoms with van der Waals surface area (Å²) in [6, 6.07) is 9.14. The third kappa shape index (κ3) is 3.04. The van der Waals surface area contributed by atoms with Gasteiger partial charge in [-0.1, -0.05) is 0 Å². The van der Waals surface area contributed by atoms with Gasteiger partial charge in [0.25, 0.3) is 5.91 Å². The van der Waals surface area contributed by atoms with Crippen molar-refractivity contribution in [1.29, 1.82) is 0 Å². The zero-order valence-corrected chi connectivity index (χ0v) is 13.9. The Morgan fingerprint density at radius 2 is 1.92 bits per heavy atom. The molecule has 1 N–H and O–H groups in total. The van der Waals surface area contributed by atoms with Gasteiger partial charge in [-0.15, -0.1) is 0 Å². The van der Waals surface area contributed by atoms with E-state index in [9.17, 15) is 14.7 Å². The summed E-state index contributed by atoms with van der Waals surface area (Å²) >= 11 is 0.